The normalized spacial score (nSPS) is 18.2. The Kier molecular flexibility index (Phi) is 3.69. The summed E-state index contributed by atoms with van der Waals surface area (Å²) in [5.41, 5.74) is 11.2. The number of phenols is 1. The number of aromatic hydroxyl groups is 1. The Bertz CT molecular complexity index is 1290. The number of rotatable bonds is 2. The van der Waals surface area contributed by atoms with Crippen LogP contribution < -0.4 is 0 Å². The fourth-order valence-corrected chi connectivity index (χ4v) is 5.16. The van der Waals surface area contributed by atoms with Crippen molar-refractivity contribution in [2.24, 2.45) is 4.99 Å². The Morgan fingerprint density at radius 2 is 1.23 bits per heavy atom. The van der Waals surface area contributed by atoms with Crippen LogP contribution in [0.4, 0.5) is 5.69 Å². The summed E-state index contributed by atoms with van der Waals surface area (Å²) in [7, 11) is 0. The largest absolute Gasteiger partial charge is 0.507 e. The van der Waals surface area contributed by atoms with Crippen molar-refractivity contribution in [3.63, 3.8) is 0 Å². The predicted molar refractivity (Wildman–Crippen MR) is 121 cm³/mol. The zero-order chi connectivity index (χ0) is 20.2. The van der Waals surface area contributed by atoms with Gasteiger partial charge in [-0.05, 0) is 64.6 Å². The van der Waals surface area contributed by atoms with Crippen molar-refractivity contribution < 1.29 is 5.11 Å². The van der Waals surface area contributed by atoms with Crippen LogP contribution >= 0.6 is 0 Å². The molecule has 3 aliphatic carbocycles. The molecule has 0 radical (unpaired) electrons. The first kappa shape index (κ1) is 17.2. The number of hydrogen-bond donors (Lipinski definition) is 1. The smallest absolute Gasteiger partial charge is 0.124 e. The third-order valence-electron chi connectivity index (χ3n) is 6.46. The van der Waals surface area contributed by atoms with Crippen molar-refractivity contribution in [2.75, 3.05) is 0 Å². The van der Waals surface area contributed by atoms with E-state index in [1.54, 1.807) is 12.3 Å². The SMILES string of the molecule is Cc1ccc(O)c(C=Nc2ccc3c(c2)C2c4ccccc4C3c3ccccc32)c1. The molecule has 0 aromatic heterocycles. The average Bonchev–Trinajstić information content (AvgIpc) is 2.79. The second kappa shape index (κ2) is 6.43. The van der Waals surface area contributed by atoms with Crippen molar-refractivity contribution in [3.05, 3.63) is 129 Å². The van der Waals surface area contributed by atoms with Crippen LogP contribution in [-0.2, 0) is 0 Å². The standard InChI is InChI=1S/C28H21NO/c1-17-10-13-26(30)18(14-17)16-29-19-11-12-24-25(15-19)28-22-8-4-2-6-20(22)27(24)21-7-3-5-9-23(21)28/h2-16,27-28,30H,1H3. The first-order valence-electron chi connectivity index (χ1n) is 10.4. The quantitative estimate of drug-likeness (QED) is 0.341. The lowest BCUT2D eigenvalue weighted by molar-refractivity contribution is 0.474. The van der Waals surface area contributed by atoms with Gasteiger partial charge in [-0.2, -0.15) is 0 Å². The molecule has 0 heterocycles. The second-order valence-corrected chi connectivity index (χ2v) is 8.26. The fourth-order valence-electron chi connectivity index (χ4n) is 5.16. The highest BCUT2D eigenvalue weighted by Crippen LogP contribution is 2.55. The summed E-state index contributed by atoms with van der Waals surface area (Å²) >= 11 is 0. The van der Waals surface area contributed by atoms with Gasteiger partial charge < -0.3 is 5.11 Å². The molecule has 4 aromatic rings. The van der Waals surface area contributed by atoms with Gasteiger partial charge in [0.05, 0.1) is 5.69 Å². The Hall–Kier alpha value is -3.65. The van der Waals surface area contributed by atoms with Crippen LogP contribution in [0.15, 0.2) is 89.9 Å². The van der Waals surface area contributed by atoms with E-state index in [1.165, 1.54) is 33.4 Å². The van der Waals surface area contributed by atoms with Crippen molar-refractivity contribution in [2.45, 2.75) is 18.8 Å². The van der Waals surface area contributed by atoms with Gasteiger partial charge in [0, 0.05) is 23.6 Å². The van der Waals surface area contributed by atoms with E-state index in [0.717, 1.165) is 16.8 Å². The molecule has 0 aliphatic heterocycles. The van der Waals surface area contributed by atoms with Crippen molar-refractivity contribution in [1.82, 2.24) is 0 Å². The molecular weight excluding hydrogens is 366 g/mol. The van der Waals surface area contributed by atoms with Gasteiger partial charge in [-0.25, -0.2) is 0 Å². The van der Waals surface area contributed by atoms with Crippen LogP contribution in [0, 0.1) is 6.92 Å². The first-order valence-corrected chi connectivity index (χ1v) is 10.4. The van der Waals surface area contributed by atoms with Crippen molar-refractivity contribution in [3.8, 4) is 5.75 Å². The number of nitrogens with zero attached hydrogens (tertiary/aromatic N) is 1. The summed E-state index contributed by atoms with van der Waals surface area (Å²) in [6.07, 6.45) is 1.76. The molecule has 0 saturated heterocycles. The minimum Gasteiger partial charge on any atom is -0.507 e. The highest BCUT2D eigenvalue weighted by molar-refractivity contribution is 5.85. The molecule has 2 nitrogen and oxygen atoms in total. The summed E-state index contributed by atoms with van der Waals surface area (Å²) in [6, 6.07) is 29.8. The summed E-state index contributed by atoms with van der Waals surface area (Å²) in [5, 5.41) is 10.1. The van der Waals surface area contributed by atoms with E-state index in [-0.39, 0.29) is 17.6 Å². The maximum atomic E-state index is 10.1. The van der Waals surface area contributed by atoms with Gasteiger partial charge in [-0.3, -0.25) is 4.99 Å². The molecule has 7 rings (SSSR count). The second-order valence-electron chi connectivity index (χ2n) is 8.26. The molecule has 0 spiro atoms. The fraction of sp³-hybridized carbons (Fsp3) is 0.107. The first-order chi connectivity index (χ1) is 14.7. The van der Waals surface area contributed by atoms with Crippen LogP contribution in [0.25, 0.3) is 0 Å². The lowest BCUT2D eigenvalue weighted by Gasteiger charge is -2.42. The van der Waals surface area contributed by atoms with E-state index in [1.807, 2.05) is 19.1 Å². The lowest BCUT2D eigenvalue weighted by Crippen LogP contribution is -2.27. The molecular formula is C28H21NO. The molecule has 2 bridgehead atoms. The monoisotopic (exact) mass is 387 g/mol. The highest BCUT2D eigenvalue weighted by Gasteiger charge is 2.40. The summed E-state index contributed by atoms with van der Waals surface area (Å²) in [4.78, 5) is 4.70. The van der Waals surface area contributed by atoms with Gasteiger partial charge in [0.1, 0.15) is 5.75 Å². The minimum atomic E-state index is 0.250. The average molecular weight is 387 g/mol. The lowest BCUT2D eigenvalue weighted by atomic mass is 9.61. The van der Waals surface area contributed by atoms with E-state index in [4.69, 9.17) is 4.99 Å². The minimum absolute atomic E-state index is 0.250. The van der Waals surface area contributed by atoms with Crippen molar-refractivity contribution >= 4 is 11.9 Å². The Balaban J connectivity index is 1.48. The van der Waals surface area contributed by atoms with Gasteiger partial charge in [0.25, 0.3) is 0 Å². The molecule has 0 unspecified atom stereocenters. The highest BCUT2D eigenvalue weighted by atomic mass is 16.3. The van der Waals surface area contributed by atoms with E-state index < -0.39 is 0 Å². The van der Waals surface area contributed by atoms with Gasteiger partial charge in [0.2, 0.25) is 0 Å². The topological polar surface area (TPSA) is 32.6 Å². The molecule has 0 amide bonds. The maximum absolute atomic E-state index is 10.1. The van der Waals surface area contributed by atoms with Gasteiger partial charge in [0.15, 0.2) is 0 Å². The Morgan fingerprint density at radius 3 is 1.87 bits per heavy atom. The zero-order valence-electron chi connectivity index (χ0n) is 16.7. The van der Waals surface area contributed by atoms with Crippen molar-refractivity contribution in [1.29, 1.82) is 0 Å². The van der Waals surface area contributed by atoms with Gasteiger partial charge >= 0.3 is 0 Å². The van der Waals surface area contributed by atoms with Crippen LogP contribution in [0.2, 0.25) is 0 Å². The third kappa shape index (κ3) is 2.47. The molecule has 30 heavy (non-hydrogen) atoms. The number of hydrogen-bond acceptors (Lipinski definition) is 2. The van der Waals surface area contributed by atoms with E-state index in [9.17, 15) is 5.11 Å². The Labute approximate surface area is 176 Å². The third-order valence-corrected chi connectivity index (χ3v) is 6.46. The zero-order valence-corrected chi connectivity index (χ0v) is 16.7. The number of aryl methyl sites for hydroxylation is 1. The maximum Gasteiger partial charge on any atom is 0.124 e. The summed E-state index contributed by atoms with van der Waals surface area (Å²) < 4.78 is 0. The molecule has 0 saturated carbocycles. The molecule has 0 fully saturated rings. The van der Waals surface area contributed by atoms with Crippen LogP contribution in [0.5, 0.6) is 5.75 Å². The summed E-state index contributed by atoms with van der Waals surface area (Å²) in [5.74, 6) is 0.792. The van der Waals surface area contributed by atoms with Crippen LogP contribution in [-0.4, -0.2) is 11.3 Å². The molecule has 144 valence electrons. The van der Waals surface area contributed by atoms with E-state index >= 15 is 0 Å². The number of benzene rings is 4. The Morgan fingerprint density at radius 1 is 0.667 bits per heavy atom. The van der Waals surface area contributed by atoms with E-state index in [2.05, 4.69) is 66.7 Å². The van der Waals surface area contributed by atoms with Crippen LogP contribution in [0.1, 0.15) is 56.3 Å². The molecule has 0 atom stereocenters. The predicted octanol–water partition coefficient (Wildman–Crippen LogP) is 6.44. The van der Waals surface area contributed by atoms with Crippen LogP contribution in [0.3, 0.4) is 0 Å². The molecule has 4 aromatic carbocycles. The van der Waals surface area contributed by atoms with Gasteiger partial charge in [-0.15, -0.1) is 0 Å². The number of phenolic OH excluding ortho intramolecular Hbond substituents is 1. The molecule has 2 heteroatoms. The molecule has 3 aliphatic rings. The summed E-state index contributed by atoms with van der Waals surface area (Å²) in [6.45, 7) is 2.02. The van der Waals surface area contributed by atoms with E-state index in [0.29, 0.717) is 0 Å². The van der Waals surface area contributed by atoms with Gasteiger partial charge in [-0.1, -0.05) is 66.2 Å². The number of aliphatic imine (C=N–C) groups is 1. The molecule has 1 N–H and O–H groups in total.